The second kappa shape index (κ2) is 6.10. The Kier molecular flexibility index (Phi) is 4.21. The van der Waals surface area contributed by atoms with Crippen molar-refractivity contribution in [2.24, 2.45) is 5.92 Å². The van der Waals surface area contributed by atoms with Crippen LogP contribution in [0.4, 0.5) is 4.79 Å². The Balaban J connectivity index is 1.53. The minimum atomic E-state index is -0.486. The van der Waals surface area contributed by atoms with Gasteiger partial charge in [0.25, 0.3) is 0 Å². The molecule has 0 bridgehead atoms. The molecule has 0 radical (unpaired) electrons. The average Bonchev–Trinajstić information content (AvgIpc) is 2.89. The van der Waals surface area contributed by atoms with Crippen LogP contribution in [0.25, 0.3) is 0 Å². The van der Waals surface area contributed by atoms with E-state index < -0.39 is 6.09 Å². The molecule has 20 heavy (non-hydrogen) atoms. The van der Waals surface area contributed by atoms with Gasteiger partial charge in [-0.1, -0.05) is 0 Å². The van der Waals surface area contributed by atoms with Crippen molar-refractivity contribution in [3.05, 3.63) is 0 Å². The van der Waals surface area contributed by atoms with Gasteiger partial charge in [-0.25, -0.2) is 9.69 Å². The van der Waals surface area contributed by atoms with E-state index in [-0.39, 0.29) is 5.91 Å². The summed E-state index contributed by atoms with van der Waals surface area (Å²) in [5.41, 5.74) is 0. The number of rotatable bonds is 6. The highest BCUT2D eigenvalue weighted by Gasteiger charge is 2.32. The van der Waals surface area contributed by atoms with Crippen LogP contribution in [0.2, 0.25) is 0 Å². The fraction of sp³-hybridized carbons (Fsp3) is 0.857. The summed E-state index contributed by atoms with van der Waals surface area (Å²) < 4.78 is 4.83. The van der Waals surface area contributed by atoms with Crippen LogP contribution in [0.3, 0.4) is 0 Å². The molecule has 0 aromatic heterocycles. The van der Waals surface area contributed by atoms with Crippen molar-refractivity contribution in [2.45, 2.75) is 31.7 Å². The van der Waals surface area contributed by atoms with Gasteiger partial charge in [-0.05, 0) is 38.1 Å². The molecule has 0 spiro atoms. The lowest BCUT2D eigenvalue weighted by Crippen LogP contribution is -2.45. The third-order valence-corrected chi connectivity index (χ3v) is 4.28. The predicted octanol–water partition coefficient (Wildman–Crippen LogP) is 0.429. The lowest BCUT2D eigenvalue weighted by molar-refractivity contribution is -0.129. The maximum Gasteiger partial charge on any atom is 0.416 e. The van der Waals surface area contributed by atoms with Gasteiger partial charge in [0.1, 0.15) is 6.61 Å². The van der Waals surface area contributed by atoms with E-state index >= 15 is 0 Å². The summed E-state index contributed by atoms with van der Waals surface area (Å²) in [5.74, 6) is 0.626. The average molecular weight is 281 g/mol. The fourth-order valence-corrected chi connectivity index (χ4v) is 2.99. The van der Waals surface area contributed by atoms with Crippen molar-refractivity contribution in [3.63, 3.8) is 0 Å². The van der Waals surface area contributed by atoms with Crippen LogP contribution in [0.15, 0.2) is 0 Å². The number of hydrogen-bond donors (Lipinski definition) is 1. The van der Waals surface area contributed by atoms with Gasteiger partial charge >= 0.3 is 6.09 Å². The lowest BCUT2D eigenvalue weighted by atomic mass is 10.2. The first-order valence-corrected chi connectivity index (χ1v) is 7.65. The number of hydrogen-bond acceptors (Lipinski definition) is 5. The molecule has 2 saturated heterocycles. The third-order valence-electron chi connectivity index (χ3n) is 4.28. The zero-order valence-corrected chi connectivity index (χ0v) is 11.8. The topological polar surface area (TPSA) is 61.9 Å². The summed E-state index contributed by atoms with van der Waals surface area (Å²) in [7, 11) is 0. The summed E-state index contributed by atoms with van der Waals surface area (Å²) in [5, 5.41) is 3.47. The molecular weight excluding hydrogens is 258 g/mol. The first kappa shape index (κ1) is 13.8. The van der Waals surface area contributed by atoms with Crippen molar-refractivity contribution in [3.8, 4) is 0 Å². The molecule has 2 amide bonds. The van der Waals surface area contributed by atoms with E-state index in [2.05, 4.69) is 10.2 Å². The molecular formula is C14H23N3O3. The lowest BCUT2D eigenvalue weighted by Gasteiger charge is -2.26. The molecule has 3 aliphatic rings. The molecule has 1 saturated carbocycles. The minimum absolute atomic E-state index is 0.119. The Labute approximate surface area is 119 Å². The summed E-state index contributed by atoms with van der Waals surface area (Å²) in [6.07, 6.45) is 4.46. The smallest absolute Gasteiger partial charge is 0.416 e. The maximum atomic E-state index is 12.2. The number of nitrogens with zero attached hydrogens (tertiary/aromatic N) is 2. The van der Waals surface area contributed by atoms with E-state index in [1.165, 1.54) is 30.6 Å². The summed E-state index contributed by atoms with van der Waals surface area (Å²) >= 11 is 0. The number of nitrogens with one attached hydrogen (secondary N) is 1. The second-order valence-electron chi connectivity index (χ2n) is 6.09. The van der Waals surface area contributed by atoms with Gasteiger partial charge in [0.05, 0.1) is 13.1 Å². The summed E-state index contributed by atoms with van der Waals surface area (Å²) in [6.45, 7) is 4.03. The van der Waals surface area contributed by atoms with E-state index in [9.17, 15) is 9.59 Å². The predicted molar refractivity (Wildman–Crippen MR) is 73.2 cm³/mol. The monoisotopic (exact) mass is 281 g/mol. The summed E-state index contributed by atoms with van der Waals surface area (Å²) in [6, 6.07) is 0.493. The maximum absolute atomic E-state index is 12.2. The van der Waals surface area contributed by atoms with Crippen LogP contribution in [0.5, 0.6) is 0 Å². The molecule has 2 heterocycles. The molecule has 0 aromatic rings. The van der Waals surface area contributed by atoms with Crippen LogP contribution >= 0.6 is 0 Å². The van der Waals surface area contributed by atoms with Crippen molar-refractivity contribution in [1.82, 2.24) is 15.1 Å². The zero-order valence-electron chi connectivity index (χ0n) is 11.8. The number of amides is 2. The minimum Gasteiger partial charge on any atom is -0.447 e. The molecule has 1 N–H and O–H groups in total. The Hall–Kier alpha value is -1.14. The Bertz CT molecular complexity index is 378. The number of imide groups is 1. The van der Waals surface area contributed by atoms with E-state index in [4.69, 9.17) is 4.74 Å². The Morgan fingerprint density at radius 3 is 2.80 bits per heavy atom. The van der Waals surface area contributed by atoms with Gasteiger partial charge in [0.2, 0.25) is 5.91 Å². The van der Waals surface area contributed by atoms with E-state index in [1.807, 2.05) is 0 Å². The van der Waals surface area contributed by atoms with Gasteiger partial charge in [0.15, 0.2) is 0 Å². The second-order valence-corrected chi connectivity index (χ2v) is 6.09. The molecule has 1 aliphatic carbocycles. The highest BCUT2D eigenvalue weighted by molar-refractivity contribution is 5.94. The van der Waals surface area contributed by atoms with Gasteiger partial charge in [-0.2, -0.15) is 0 Å². The summed E-state index contributed by atoms with van der Waals surface area (Å²) in [4.78, 5) is 27.1. The normalized spacial score (nSPS) is 26.4. The van der Waals surface area contributed by atoms with Gasteiger partial charge in [-0.3, -0.25) is 9.69 Å². The SMILES string of the molecule is O=C(CN(CC1CC1)CC1CCCN1)N1CCOC1=O. The Morgan fingerprint density at radius 2 is 2.20 bits per heavy atom. The fourth-order valence-electron chi connectivity index (χ4n) is 2.99. The molecule has 112 valence electrons. The van der Waals surface area contributed by atoms with Gasteiger partial charge in [0, 0.05) is 19.1 Å². The van der Waals surface area contributed by atoms with Crippen LogP contribution in [-0.2, 0) is 9.53 Å². The molecule has 3 fully saturated rings. The van der Waals surface area contributed by atoms with Crippen LogP contribution in [-0.4, -0.2) is 67.2 Å². The van der Waals surface area contributed by atoms with Crippen LogP contribution in [0, 0.1) is 5.92 Å². The molecule has 1 unspecified atom stereocenters. The zero-order chi connectivity index (χ0) is 13.9. The van der Waals surface area contributed by atoms with Gasteiger partial charge in [-0.15, -0.1) is 0 Å². The number of carbonyl (C=O) groups is 2. The van der Waals surface area contributed by atoms with Crippen molar-refractivity contribution in [2.75, 3.05) is 39.3 Å². The highest BCUT2D eigenvalue weighted by Crippen LogP contribution is 2.30. The first-order chi connectivity index (χ1) is 9.72. The van der Waals surface area contributed by atoms with E-state index in [0.29, 0.717) is 25.7 Å². The van der Waals surface area contributed by atoms with Crippen LogP contribution < -0.4 is 5.32 Å². The highest BCUT2D eigenvalue weighted by atomic mass is 16.6. The van der Waals surface area contributed by atoms with Crippen LogP contribution in [0.1, 0.15) is 25.7 Å². The van der Waals surface area contributed by atoms with Crippen molar-refractivity contribution >= 4 is 12.0 Å². The standard InChI is InChI=1S/C14H23N3O3/c18-13(17-6-7-20-14(17)19)10-16(8-11-3-4-11)9-12-2-1-5-15-12/h11-12,15H,1-10H2. The van der Waals surface area contributed by atoms with Gasteiger partial charge < -0.3 is 10.1 Å². The molecule has 2 aliphatic heterocycles. The first-order valence-electron chi connectivity index (χ1n) is 7.65. The van der Waals surface area contributed by atoms with Crippen molar-refractivity contribution < 1.29 is 14.3 Å². The molecule has 0 aromatic carbocycles. The molecule has 3 rings (SSSR count). The molecule has 1 atom stereocenters. The largest absolute Gasteiger partial charge is 0.447 e. The third kappa shape index (κ3) is 3.49. The van der Waals surface area contributed by atoms with E-state index in [1.54, 1.807) is 0 Å². The Morgan fingerprint density at radius 1 is 1.35 bits per heavy atom. The number of ether oxygens (including phenoxy) is 1. The molecule has 6 heteroatoms. The number of carbonyl (C=O) groups excluding carboxylic acids is 2. The van der Waals surface area contributed by atoms with Crippen molar-refractivity contribution in [1.29, 1.82) is 0 Å². The van der Waals surface area contributed by atoms with E-state index in [0.717, 1.165) is 25.6 Å². The number of cyclic esters (lactones) is 1. The molecule has 6 nitrogen and oxygen atoms in total. The quantitative estimate of drug-likeness (QED) is 0.765.